The molecule has 1 amide bonds. The molecule has 2 aromatic carbocycles. The van der Waals surface area contributed by atoms with E-state index in [4.69, 9.17) is 16.3 Å². The van der Waals surface area contributed by atoms with Crippen LogP contribution in [0.3, 0.4) is 0 Å². The maximum Gasteiger partial charge on any atom is 0.289 e. The fourth-order valence-electron chi connectivity index (χ4n) is 1.87. The van der Waals surface area contributed by atoms with Crippen molar-refractivity contribution >= 4 is 50.9 Å². The van der Waals surface area contributed by atoms with Gasteiger partial charge in [-0.3, -0.25) is 14.9 Å². The molecular formula is C16H12BrClN2O4. The maximum atomic E-state index is 11.9. The van der Waals surface area contributed by atoms with Crippen LogP contribution in [0.1, 0.15) is 5.56 Å². The van der Waals surface area contributed by atoms with Crippen molar-refractivity contribution in [3.8, 4) is 5.75 Å². The molecule has 2 aromatic rings. The van der Waals surface area contributed by atoms with Crippen molar-refractivity contribution in [1.29, 1.82) is 0 Å². The first-order chi connectivity index (χ1) is 11.4. The van der Waals surface area contributed by atoms with E-state index in [1.807, 2.05) is 0 Å². The van der Waals surface area contributed by atoms with E-state index in [0.29, 0.717) is 5.75 Å². The molecule has 0 unspecified atom stereocenters. The Hall–Kier alpha value is -2.38. The highest BCUT2D eigenvalue weighted by Crippen LogP contribution is 2.28. The van der Waals surface area contributed by atoms with E-state index in [-0.39, 0.29) is 16.4 Å². The number of nitro groups is 1. The summed E-state index contributed by atoms with van der Waals surface area (Å²) in [4.78, 5) is 22.1. The van der Waals surface area contributed by atoms with Gasteiger partial charge in [0.05, 0.1) is 16.5 Å². The molecule has 0 aliphatic carbocycles. The Labute approximate surface area is 151 Å². The second-order valence-electron chi connectivity index (χ2n) is 4.64. The molecule has 0 saturated carbocycles. The lowest BCUT2D eigenvalue weighted by Crippen LogP contribution is -2.08. The maximum absolute atomic E-state index is 11.9. The topological polar surface area (TPSA) is 81.5 Å². The van der Waals surface area contributed by atoms with Gasteiger partial charge in [-0.2, -0.15) is 0 Å². The summed E-state index contributed by atoms with van der Waals surface area (Å²) < 4.78 is 5.89. The highest BCUT2D eigenvalue weighted by Gasteiger charge is 2.13. The molecular weight excluding hydrogens is 400 g/mol. The van der Waals surface area contributed by atoms with Crippen molar-refractivity contribution in [3.05, 3.63) is 67.6 Å². The zero-order chi connectivity index (χ0) is 17.7. The second-order valence-corrected chi connectivity index (χ2v) is 5.90. The summed E-state index contributed by atoms with van der Waals surface area (Å²) >= 11 is 9.09. The van der Waals surface area contributed by atoms with Crippen LogP contribution in [0.2, 0.25) is 5.02 Å². The minimum atomic E-state index is -0.608. The zero-order valence-electron chi connectivity index (χ0n) is 12.5. The Balaban J connectivity index is 2.09. The number of ether oxygens (including phenoxy) is 1. The summed E-state index contributed by atoms with van der Waals surface area (Å²) in [6.45, 7) is 0. The number of nitro benzene ring substituents is 1. The van der Waals surface area contributed by atoms with Gasteiger partial charge in [-0.15, -0.1) is 0 Å². The number of carbonyl (C=O) groups excluding carboxylic acids is 1. The molecule has 8 heteroatoms. The van der Waals surface area contributed by atoms with Gasteiger partial charge >= 0.3 is 0 Å². The van der Waals surface area contributed by atoms with Gasteiger partial charge in [-0.1, -0.05) is 17.7 Å². The van der Waals surface area contributed by atoms with Crippen molar-refractivity contribution in [1.82, 2.24) is 0 Å². The molecule has 2 rings (SSSR count). The molecule has 0 heterocycles. The van der Waals surface area contributed by atoms with E-state index >= 15 is 0 Å². The average molecular weight is 412 g/mol. The minimum absolute atomic E-state index is 0.0108. The van der Waals surface area contributed by atoms with Gasteiger partial charge in [-0.25, -0.2) is 0 Å². The van der Waals surface area contributed by atoms with Gasteiger partial charge in [0.2, 0.25) is 5.91 Å². The van der Waals surface area contributed by atoms with Crippen LogP contribution in [0, 0.1) is 10.1 Å². The first-order valence-electron chi connectivity index (χ1n) is 6.67. The molecule has 0 aromatic heterocycles. The van der Waals surface area contributed by atoms with Crippen molar-refractivity contribution in [2.45, 2.75) is 0 Å². The molecule has 0 spiro atoms. The molecule has 0 bridgehead atoms. The number of benzene rings is 2. The summed E-state index contributed by atoms with van der Waals surface area (Å²) in [6, 6.07) is 9.42. The Morgan fingerprint density at radius 3 is 2.71 bits per heavy atom. The average Bonchev–Trinajstić information content (AvgIpc) is 2.54. The number of amides is 1. The standard InChI is InChI=1S/C16H12BrClN2O4/c1-24-15-6-2-10(8-12(15)17)3-7-16(21)19-11-4-5-13(18)14(9-11)20(22)23/h2-9H,1H3,(H,19,21)/b7-3+. The third-order valence-electron chi connectivity index (χ3n) is 3.01. The molecule has 0 aliphatic rings. The molecule has 0 atom stereocenters. The van der Waals surface area contributed by atoms with Crippen LogP contribution < -0.4 is 10.1 Å². The normalized spacial score (nSPS) is 10.6. The number of nitrogens with zero attached hydrogens (tertiary/aromatic N) is 1. The van der Waals surface area contributed by atoms with E-state index in [0.717, 1.165) is 10.0 Å². The van der Waals surface area contributed by atoms with Gasteiger partial charge in [0, 0.05) is 17.8 Å². The quantitative estimate of drug-likeness (QED) is 0.440. The van der Waals surface area contributed by atoms with Crippen molar-refractivity contribution in [2.24, 2.45) is 0 Å². The molecule has 1 N–H and O–H groups in total. The van der Waals surface area contributed by atoms with Crippen LogP contribution in [0.15, 0.2) is 46.9 Å². The highest BCUT2D eigenvalue weighted by atomic mass is 79.9. The first-order valence-corrected chi connectivity index (χ1v) is 7.84. The zero-order valence-corrected chi connectivity index (χ0v) is 14.8. The molecule has 0 saturated heterocycles. The number of hydrogen-bond donors (Lipinski definition) is 1. The molecule has 24 heavy (non-hydrogen) atoms. The lowest BCUT2D eigenvalue weighted by atomic mass is 10.2. The summed E-state index contributed by atoms with van der Waals surface area (Å²) in [6.07, 6.45) is 2.94. The van der Waals surface area contributed by atoms with E-state index < -0.39 is 10.8 Å². The highest BCUT2D eigenvalue weighted by molar-refractivity contribution is 9.10. The van der Waals surface area contributed by atoms with Crippen LogP contribution in [-0.4, -0.2) is 17.9 Å². The smallest absolute Gasteiger partial charge is 0.289 e. The van der Waals surface area contributed by atoms with Gasteiger partial charge in [-0.05, 0) is 51.8 Å². The summed E-state index contributed by atoms with van der Waals surface area (Å²) in [5, 5.41) is 13.4. The number of methoxy groups -OCH3 is 1. The van der Waals surface area contributed by atoms with E-state index in [1.165, 1.54) is 24.3 Å². The molecule has 6 nitrogen and oxygen atoms in total. The third-order valence-corrected chi connectivity index (χ3v) is 3.95. The van der Waals surface area contributed by atoms with E-state index in [2.05, 4.69) is 21.2 Å². The Kier molecular flexibility index (Phi) is 5.94. The number of rotatable bonds is 5. The number of halogens is 2. The predicted molar refractivity (Wildman–Crippen MR) is 96.5 cm³/mol. The summed E-state index contributed by atoms with van der Waals surface area (Å²) in [5.41, 5.74) is 0.814. The fourth-order valence-corrected chi connectivity index (χ4v) is 2.62. The summed E-state index contributed by atoms with van der Waals surface area (Å²) in [7, 11) is 1.56. The second kappa shape index (κ2) is 7.94. The van der Waals surface area contributed by atoms with Crippen LogP contribution in [0.4, 0.5) is 11.4 Å². The van der Waals surface area contributed by atoms with Gasteiger partial charge in [0.25, 0.3) is 5.69 Å². The number of hydrogen-bond acceptors (Lipinski definition) is 4. The van der Waals surface area contributed by atoms with E-state index in [9.17, 15) is 14.9 Å². The lowest BCUT2D eigenvalue weighted by molar-refractivity contribution is -0.384. The van der Waals surface area contributed by atoms with Crippen molar-refractivity contribution < 1.29 is 14.5 Å². The first kappa shape index (κ1) is 18.0. The van der Waals surface area contributed by atoms with Crippen LogP contribution in [0.5, 0.6) is 5.75 Å². The fraction of sp³-hybridized carbons (Fsp3) is 0.0625. The van der Waals surface area contributed by atoms with Gasteiger partial charge < -0.3 is 10.1 Å². The van der Waals surface area contributed by atoms with Crippen LogP contribution in [-0.2, 0) is 4.79 Å². The lowest BCUT2D eigenvalue weighted by Gasteiger charge is -2.04. The Morgan fingerprint density at radius 2 is 2.08 bits per heavy atom. The molecule has 0 aliphatic heterocycles. The van der Waals surface area contributed by atoms with Crippen molar-refractivity contribution in [3.63, 3.8) is 0 Å². The van der Waals surface area contributed by atoms with Crippen LogP contribution in [0.25, 0.3) is 6.08 Å². The van der Waals surface area contributed by atoms with E-state index in [1.54, 1.807) is 31.4 Å². The van der Waals surface area contributed by atoms with Crippen molar-refractivity contribution in [2.75, 3.05) is 12.4 Å². The Morgan fingerprint density at radius 1 is 1.33 bits per heavy atom. The van der Waals surface area contributed by atoms with Gasteiger partial charge in [0.1, 0.15) is 10.8 Å². The number of anilines is 1. The molecule has 124 valence electrons. The third kappa shape index (κ3) is 4.56. The monoisotopic (exact) mass is 410 g/mol. The SMILES string of the molecule is COc1ccc(/C=C/C(=O)Nc2ccc(Cl)c([N+](=O)[O-])c2)cc1Br. The predicted octanol–water partition coefficient (Wildman–Crippen LogP) is 4.67. The number of nitrogens with one attached hydrogen (secondary N) is 1. The largest absolute Gasteiger partial charge is 0.496 e. The molecule has 0 fully saturated rings. The molecule has 0 radical (unpaired) electrons. The Bertz CT molecular complexity index is 824. The van der Waals surface area contributed by atoms with Crippen LogP contribution >= 0.6 is 27.5 Å². The number of carbonyl (C=O) groups is 1. The minimum Gasteiger partial charge on any atom is -0.496 e. The van der Waals surface area contributed by atoms with Gasteiger partial charge in [0.15, 0.2) is 0 Å². The summed E-state index contributed by atoms with van der Waals surface area (Å²) in [5.74, 6) is 0.267.